The van der Waals surface area contributed by atoms with Crippen molar-refractivity contribution in [2.24, 2.45) is 34.7 Å². The molecule has 2 aliphatic carbocycles. The van der Waals surface area contributed by atoms with E-state index in [1.165, 1.54) is 4.90 Å². The molecule has 2 amide bonds. The first-order valence-electron chi connectivity index (χ1n) is 7.99. The lowest BCUT2D eigenvalue weighted by molar-refractivity contribution is -0.139. The van der Waals surface area contributed by atoms with Crippen LogP contribution in [0.2, 0.25) is 10.0 Å². The van der Waals surface area contributed by atoms with Crippen molar-refractivity contribution in [1.29, 1.82) is 0 Å². The molecule has 2 bridgehead atoms. The molecule has 7 heteroatoms. The number of hydrogen-bond donors (Lipinski definition) is 0. The van der Waals surface area contributed by atoms with Crippen molar-refractivity contribution in [3.63, 3.8) is 0 Å². The number of carbonyl (C=O) groups excluding carboxylic acids is 2. The van der Waals surface area contributed by atoms with Gasteiger partial charge in [0.25, 0.3) is 0 Å². The van der Waals surface area contributed by atoms with E-state index in [2.05, 4.69) is 5.16 Å². The van der Waals surface area contributed by atoms with Crippen LogP contribution in [-0.4, -0.2) is 35.6 Å². The third-order valence-electron chi connectivity index (χ3n) is 6.12. The highest BCUT2D eigenvalue weighted by atomic mass is 35.5. The number of likely N-dealkylation sites (tertiary alicyclic amines) is 1. The highest BCUT2D eigenvalue weighted by molar-refractivity contribution is 6.37. The van der Waals surface area contributed by atoms with Gasteiger partial charge in [-0.1, -0.05) is 34.4 Å². The molecular formula is C17H14Cl2N2O3. The van der Waals surface area contributed by atoms with Crippen LogP contribution in [0.15, 0.2) is 23.4 Å². The number of oxime groups is 1. The van der Waals surface area contributed by atoms with E-state index in [9.17, 15) is 9.59 Å². The molecule has 5 nitrogen and oxygen atoms in total. The maximum absolute atomic E-state index is 12.5. The van der Waals surface area contributed by atoms with Gasteiger partial charge in [0.1, 0.15) is 6.10 Å². The minimum atomic E-state index is -0.246. The molecule has 2 saturated carbocycles. The Hall–Kier alpha value is -1.59. The lowest BCUT2D eigenvalue weighted by Gasteiger charge is -2.30. The van der Waals surface area contributed by atoms with E-state index in [0.717, 1.165) is 17.7 Å². The number of carbonyl (C=O) groups is 2. The standard InChI is InChI=1S/C17H14Cl2N2O3/c1-21-16(22)11-8-5-9(12(11)17(21)23)15-13(8)14(20-24-15)7-3-2-6(18)4-10(7)19/h2-4,8-9,11-13,15H,5H2,1H3/t8-,9+,11+,12-,13+,15+/m0/s1. The second-order valence-electron chi connectivity index (χ2n) is 7.05. The summed E-state index contributed by atoms with van der Waals surface area (Å²) in [4.78, 5) is 31.9. The van der Waals surface area contributed by atoms with Crippen LogP contribution < -0.4 is 0 Å². The molecule has 1 aromatic rings. The minimum Gasteiger partial charge on any atom is -0.391 e. The summed E-state index contributed by atoms with van der Waals surface area (Å²) in [5.74, 6) is -0.478. The molecule has 5 rings (SSSR count). The minimum absolute atomic E-state index is 0.0122. The molecule has 124 valence electrons. The molecule has 2 aliphatic heterocycles. The number of rotatable bonds is 1. The van der Waals surface area contributed by atoms with Gasteiger partial charge in [-0.25, -0.2) is 0 Å². The monoisotopic (exact) mass is 364 g/mol. The van der Waals surface area contributed by atoms with Crippen molar-refractivity contribution in [2.45, 2.75) is 12.5 Å². The summed E-state index contributed by atoms with van der Waals surface area (Å²) in [5, 5.41) is 5.36. The van der Waals surface area contributed by atoms with E-state index in [-0.39, 0.29) is 47.5 Å². The second kappa shape index (κ2) is 4.73. The second-order valence-corrected chi connectivity index (χ2v) is 7.89. The van der Waals surface area contributed by atoms with Crippen LogP contribution in [-0.2, 0) is 14.4 Å². The summed E-state index contributed by atoms with van der Waals surface area (Å²) < 4.78 is 0. The van der Waals surface area contributed by atoms with Crippen molar-refractivity contribution in [3.8, 4) is 0 Å². The van der Waals surface area contributed by atoms with Gasteiger partial charge in [-0.2, -0.15) is 0 Å². The summed E-state index contributed by atoms with van der Waals surface area (Å²) >= 11 is 12.3. The quantitative estimate of drug-likeness (QED) is 0.719. The smallest absolute Gasteiger partial charge is 0.233 e. The number of hydrogen-bond acceptors (Lipinski definition) is 4. The Morgan fingerprint density at radius 1 is 1.12 bits per heavy atom. The van der Waals surface area contributed by atoms with E-state index in [1.807, 2.05) is 6.07 Å². The molecule has 0 spiro atoms. The van der Waals surface area contributed by atoms with Gasteiger partial charge in [-0.3, -0.25) is 14.5 Å². The van der Waals surface area contributed by atoms with Gasteiger partial charge in [0.15, 0.2) is 0 Å². The van der Waals surface area contributed by atoms with Crippen LogP contribution in [0.3, 0.4) is 0 Å². The maximum Gasteiger partial charge on any atom is 0.233 e. The van der Waals surface area contributed by atoms with Gasteiger partial charge in [0.2, 0.25) is 11.8 Å². The molecule has 4 aliphatic rings. The predicted molar refractivity (Wildman–Crippen MR) is 87.7 cm³/mol. The molecule has 1 aromatic carbocycles. The zero-order valence-electron chi connectivity index (χ0n) is 12.8. The van der Waals surface area contributed by atoms with Crippen LogP contribution in [0, 0.1) is 29.6 Å². The van der Waals surface area contributed by atoms with Gasteiger partial charge in [-0.15, -0.1) is 0 Å². The Morgan fingerprint density at radius 3 is 2.54 bits per heavy atom. The van der Waals surface area contributed by atoms with E-state index in [1.54, 1.807) is 19.2 Å². The van der Waals surface area contributed by atoms with Crippen molar-refractivity contribution < 1.29 is 14.4 Å². The molecular weight excluding hydrogens is 351 g/mol. The van der Waals surface area contributed by atoms with Gasteiger partial charge in [-0.05, 0) is 24.5 Å². The number of nitrogens with zero attached hydrogens (tertiary/aromatic N) is 2. The lowest BCUT2D eigenvalue weighted by atomic mass is 9.71. The Kier molecular flexibility index (Phi) is 2.90. The van der Waals surface area contributed by atoms with Crippen LogP contribution in [0.1, 0.15) is 12.0 Å². The summed E-state index contributed by atoms with van der Waals surface area (Å²) in [7, 11) is 1.57. The van der Waals surface area contributed by atoms with Crippen LogP contribution in [0.5, 0.6) is 0 Å². The van der Waals surface area contributed by atoms with E-state index in [4.69, 9.17) is 28.0 Å². The van der Waals surface area contributed by atoms with Gasteiger partial charge in [0.05, 0.1) is 22.6 Å². The Labute approximate surface area is 148 Å². The Bertz CT molecular complexity index is 824. The molecule has 24 heavy (non-hydrogen) atoms. The molecule has 0 N–H and O–H groups in total. The van der Waals surface area contributed by atoms with Gasteiger partial charge in [0, 0.05) is 29.5 Å². The van der Waals surface area contributed by atoms with E-state index < -0.39 is 0 Å². The average molecular weight is 365 g/mol. The van der Waals surface area contributed by atoms with Crippen LogP contribution in [0.4, 0.5) is 0 Å². The topological polar surface area (TPSA) is 59.0 Å². The first-order valence-corrected chi connectivity index (χ1v) is 8.75. The normalized spacial score (nSPS) is 39.1. The number of halogens is 2. The van der Waals surface area contributed by atoms with E-state index >= 15 is 0 Å². The zero-order valence-corrected chi connectivity index (χ0v) is 14.3. The molecule has 0 radical (unpaired) electrons. The van der Waals surface area contributed by atoms with Crippen LogP contribution >= 0.6 is 23.2 Å². The fraction of sp³-hybridized carbons (Fsp3) is 0.471. The third kappa shape index (κ3) is 1.64. The number of amides is 2. The predicted octanol–water partition coefficient (Wildman–Crippen LogP) is 2.59. The molecule has 2 heterocycles. The average Bonchev–Trinajstić information content (AvgIpc) is 3.25. The Balaban J connectivity index is 1.55. The van der Waals surface area contributed by atoms with Crippen molar-refractivity contribution in [2.75, 3.05) is 7.05 Å². The SMILES string of the molecule is CN1C(=O)[C@@H]2[C@@H]3C[C@@H]([C@H]4ON=C(c5ccc(Cl)cc5Cl)[C@@H]34)[C@@H]2C1=O. The maximum atomic E-state index is 12.5. The number of benzene rings is 1. The summed E-state index contributed by atoms with van der Waals surface area (Å²) in [6.07, 6.45) is 0.696. The lowest BCUT2D eigenvalue weighted by Crippen LogP contribution is -2.41. The first kappa shape index (κ1) is 14.7. The molecule has 1 saturated heterocycles. The van der Waals surface area contributed by atoms with Gasteiger partial charge >= 0.3 is 0 Å². The van der Waals surface area contributed by atoms with Gasteiger partial charge < -0.3 is 4.84 Å². The van der Waals surface area contributed by atoms with Crippen molar-refractivity contribution >= 4 is 40.7 Å². The summed E-state index contributed by atoms with van der Waals surface area (Å²) in [5.41, 5.74) is 1.57. The summed E-state index contributed by atoms with van der Waals surface area (Å²) in [6.45, 7) is 0. The van der Waals surface area contributed by atoms with E-state index in [0.29, 0.717) is 10.0 Å². The summed E-state index contributed by atoms with van der Waals surface area (Å²) in [6, 6.07) is 5.29. The fourth-order valence-corrected chi connectivity index (χ4v) is 5.70. The number of fused-ring (bicyclic) bond motifs is 8. The van der Waals surface area contributed by atoms with Crippen molar-refractivity contribution in [3.05, 3.63) is 33.8 Å². The highest BCUT2D eigenvalue weighted by Gasteiger charge is 2.69. The first-order chi connectivity index (χ1) is 11.5. The third-order valence-corrected chi connectivity index (χ3v) is 6.67. The zero-order chi connectivity index (χ0) is 16.7. The van der Waals surface area contributed by atoms with Crippen molar-refractivity contribution in [1.82, 2.24) is 4.90 Å². The molecule has 0 unspecified atom stereocenters. The highest BCUT2D eigenvalue weighted by Crippen LogP contribution is 2.61. The molecule has 0 aromatic heterocycles. The fourth-order valence-electron chi connectivity index (χ4n) is 5.19. The number of imide groups is 1. The largest absolute Gasteiger partial charge is 0.391 e. The Morgan fingerprint density at radius 2 is 1.83 bits per heavy atom. The molecule has 6 atom stereocenters. The van der Waals surface area contributed by atoms with Crippen LogP contribution in [0.25, 0.3) is 0 Å². The molecule has 3 fully saturated rings.